The van der Waals surface area contributed by atoms with Crippen molar-refractivity contribution in [2.45, 2.75) is 45.1 Å². The van der Waals surface area contributed by atoms with Crippen LogP contribution in [0.5, 0.6) is 0 Å². The van der Waals surface area contributed by atoms with Crippen molar-refractivity contribution in [2.24, 2.45) is 5.73 Å². The monoisotopic (exact) mass is 284 g/mol. The number of amides is 1. The number of benzene rings is 1. The lowest BCUT2D eigenvalue weighted by Crippen LogP contribution is -2.38. The van der Waals surface area contributed by atoms with Crippen molar-refractivity contribution in [3.05, 3.63) is 34.9 Å². The van der Waals surface area contributed by atoms with E-state index < -0.39 is 0 Å². The predicted molar refractivity (Wildman–Crippen MR) is 86.1 cm³/mol. The van der Waals surface area contributed by atoms with Gasteiger partial charge in [-0.15, -0.1) is 0 Å². The highest BCUT2D eigenvalue weighted by atomic mass is 16.2. The van der Waals surface area contributed by atoms with E-state index in [9.17, 15) is 4.79 Å². The molecular weight excluding hydrogens is 260 g/mol. The summed E-state index contributed by atoms with van der Waals surface area (Å²) < 4.78 is 0. The Morgan fingerprint density at radius 3 is 2.67 bits per heavy atom. The van der Waals surface area contributed by atoms with E-state index in [2.05, 4.69) is 11.8 Å². The average Bonchev–Trinajstić information content (AvgIpc) is 2.51. The summed E-state index contributed by atoms with van der Waals surface area (Å²) in [6.07, 6.45) is 5.98. The summed E-state index contributed by atoms with van der Waals surface area (Å²) in [7, 11) is 1.92. The maximum atomic E-state index is 12.7. The van der Waals surface area contributed by atoms with Gasteiger partial charge in [0, 0.05) is 24.2 Å². The maximum Gasteiger partial charge on any atom is 0.253 e. The number of nitrogens with two attached hydrogens (primary N) is 1. The van der Waals surface area contributed by atoms with Crippen molar-refractivity contribution in [3.63, 3.8) is 0 Å². The largest absolute Gasteiger partial charge is 0.339 e. The second kappa shape index (κ2) is 7.28. The van der Waals surface area contributed by atoms with Crippen LogP contribution < -0.4 is 5.73 Å². The second-order valence-corrected chi connectivity index (χ2v) is 5.80. The third kappa shape index (κ3) is 4.09. The van der Waals surface area contributed by atoms with Crippen molar-refractivity contribution < 1.29 is 4.79 Å². The first kappa shape index (κ1) is 15.6. The smallest absolute Gasteiger partial charge is 0.253 e. The molecule has 1 aliphatic carbocycles. The zero-order valence-electron chi connectivity index (χ0n) is 13.0. The standard InChI is InChI=1S/C18H24N2O/c1-14-11-15(7-6-10-19)13-16(12-14)18(21)20(2)17-8-4-3-5-9-17/h11-13,17H,3-5,8-10,19H2,1-2H3. The average molecular weight is 284 g/mol. The van der Waals surface area contributed by atoms with E-state index in [4.69, 9.17) is 5.73 Å². The fourth-order valence-corrected chi connectivity index (χ4v) is 2.97. The number of hydrogen-bond donors (Lipinski definition) is 1. The van der Waals surface area contributed by atoms with Crippen molar-refractivity contribution in [1.82, 2.24) is 4.90 Å². The van der Waals surface area contributed by atoms with Crippen molar-refractivity contribution in [1.29, 1.82) is 0 Å². The molecule has 2 rings (SSSR count). The van der Waals surface area contributed by atoms with E-state index in [-0.39, 0.29) is 5.91 Å². The highest BCUT2D eigenvalue weighted by Crippen LogP contribution is 2.23. The van der Waals surface area contributed by atoms with Gasteiger partial charge in [0.05, 0.1) is 6.54 Å². The van der Waals surface area contributed by atoms with Gasteiger partial charge in [0.2, 0.25) is 0 Å². The van der Waals surface area contributed by atoms with Gasteiger partial charge in [-0.05, 0) is 43.5 Å². The van der Waals surface area contributed by atoms with Crippen LogP contribution in [0.2, 0.25) is 0 Å². The van der Waals surface area contributed by atoms with E-state index in [1.807, 2.05) is 37.1 Å². The summed E-state index contributed by atoms with van der Waals surface area (Å²) >= 11 is 0. The summed E-state index contributed by atoms with van der Waals surface area (Å²) in [5, 5.41) is 0. The lowest BCUT2D eigenvalue weighted by Gasteiger charge is -2.31. The van der Waals surface area contributed by atoms with Crippen molar-refractivity contribution >= 4 is 5.91 Å². The van der Waals surface area contributed by atoms with Gasteiger partial charge in [-0.25, -0.2) is 0 Å². The SMILES string of the molecule is Cc1cc(C#CCN)cc(C(=O)N(C)C2CCCCC2)c1. The molecule has 0 radical (unpaired) electrons. The summed E-state index contributed by atoms with van der Waals surface area (Å²) in [4.78, 5) is 14.6. The molecule has 1 aliphatic rings. The molecule has 0 heterocycles. The summed E-state index contributed by atoms with van der Waals surface area (Å²) in [6.45, 7) is 2.32. The van der Waals surface area contributed by atoms with Crippen LogP contribution in [0, 0.1) is 18.8 Å². The van der Waals surface area contributed by atoms with E-state index in [0.717, 1.165) is 29.5 Å². The summed E-state index contributed by atoms with van der Waals surface area (Å²) in [6, 6.07) is 6.18. The Morgan fingerprint density at radius 1 is 1.29 bits per heavy atom. The van der Waals surface area contributed by atoms with E-state index in [0.29, 0.717) is 12.6 Å². The molecule has 1 saturated carbocycles. The van der Waals surface area contributed by atoms with Gasteiger partial charge in [0.1, 0.15) is 0 Å². The number of hydrogen-bond acceptors (Lipinski definition) is 2. The molecule has 1 aromatic rings. The molecule has 112 valence electrons. The Labute approximate surface area is 127 Å². The fraction of sp³-hybridized carbons (Fsp3) is 0.500. The van der Waals surface area contributed by atoms with Crippen LogP contribution in [0.1, 0.15) is 53.6 Å². The zero-order chi connectivity index (χ0) is 15.2. The lowest BCUT2D eigenvalue weighted by atomic mass is 9.94. The van der Waals surface area contributed by atoms with Crippen molar-refractivity contribution in [2.75, 3.05) is 13.6 Å². The van der Waals surface area contributed by atoms with Gasteiger partial charge in [-0.1, -0.05) is 31.1 Å². The molecule has 2 N–H and O–H groups in total. The molecule has 1 amide bonds. The highest BCUT2D eigenvalue weighted by Gasteiger charge is 2.23. The molecule has 21 heavy (non-hydrogen) atoms. The number of carbonyl (C=O) groups excluding carboxylic acids is 1. The highest BCUT2D eigenvalue weighted by molar-refractivity contribution is 5.94. The molecule has 0 unspecified atom stereocenters. The summed E-state index contributed by atoms with van der Waals surface area (Å²) in [5.74, 6) is 5.96. The predicted octanol–water partition coefficient (Wildman–Crippen LogP) is 2.71. The molecule has 0 spiro atoms. The normalized spacial score (nSPS) is 15.2. The Morgan fingerprint density at radius 2 is 2.00 bits per heavy atom. The van der Waals surface area contributed by atoms with Gasteiger partial charge < -0.3 is 10.6 Å². The third-order valence-electron chi connectivity index (χ3n) is 4.10. The molecular formula is C18H24N2O. The van der Waals surface area contributed by atoms with E-state index in [1.54, 1.807) is 0 Å². The summed E-state index contributed by atoms with van der Waals surface area (Å²) in [5.41, 5.74) is 8.05. The van der Waals surface area contributed by atoms with E-state index in [1.165, 1.54) is 19.3 Å². The second-order valence-electron chi connectivity index (χ2n) is 5.80. The van der Waals surface area contributed by atoms with E-state index >= 15 is 0 Å². The van der Waals surface area contributed by atoms with Gasteiger partial charge >= 0.3 is 0 Å². The fourth-order valence-electron chi connectivity index (χ4n) is 2.97. The molecule has 0 aromatic heterocycles. The van der Waals surface area contributed by atoms with Crippen LogP contribution in [-0.2, 0) is 0 Å². The van der Waals surface area contributed by atoms with Crippen LogP contribution >= 0.6 is 0 Å². The first-order chi connectivity index (χ1) is 10.1. The first-order valence-electron chi connectivity index (χ1n) is 7.69. The molecule has 3 nitrogen and oxygen atoms in total. The minimum absolute atomic E-state index is 0.0985. The molecule has 1 aromatic carbocycles. The molecule has 0 atom stereocenters. The van der Waals surface area contributed by atoms with Crippen LogP contribution in [0.4, 0.5) is 0 Å². The maximum absolute atomic E-state index is 12.7. The molecule has 0 saturated heterocycles. The van der Waals surface area contributed by atoms with Gasteiger partial charge in [-0.3, -0.25) is 4.79 Å². The molecule has 0 bridgehead atoms. The Hall–Kier alpha value is -1.79. The lowest BCUT2D eigenvalue weighted by molar-refractivity contribution is 0.0696. The molecule has 0 aliphatic heterocycles. The number of aryl methyl sites for hydroxylation is 1. The Bertz CT molecular complexity index is 562. The van der Waals surface area contributed by atoms with Crippen LogP contribution in [0.3, 0.4) is 0 Å². The topological polar surface area (TPSA) is 46.3 Å². The minimum Gasteiger partial charge on any atom is -0.339 e. The zero-order valence-corrected chi connectivity index (χ0v) is 13.0. The van der Waals surface area contributed by atoms with Gasteiger partial charge in [0.25, 0.3) is 5.91 Å². The Balaban J connectivity index is 2.19. The quantitative estimate of drug-likeness (QED) is 0.849. The first-order valence-corrected chi connectivity index (χ1v) is 7.69. The van der Waals surface area contributed by atoms with Crippen molar-refractivity contribution in [3.8, 4) is 11.8 Å². The van der Waals surface area contributed by atoms with Gasteiger partial charge in [0.15, 0.2) is 0 Å². The Kier molecular flexibility index (Phi) is 5.41. The third-order valence-corrected chi connectivity index (χ3v) is 4.10. The van der Waals surface area contributed by atoms with Crippen LogP contribution in [0.15, 0.2) is 18.2 Å². The number of nitrogens with zero attached hydrogens (tertiary/aromatic N) is 1. The number of rotatable bonds is 2. The number of carbonyl (C=O) groups is 1. The van der Waals surface area contributed by atoms with Crippen LogP contribution in [0.25, 0.3) is 0 Å². The molecule has 1 fully saturated rings. The van der Waals surface area contributed by atoms with Crippen LogP contribution in [-0.4, -0.2) is 30.4 Å². The molecule has 3 heteroatoms. The van der Waals surface area contributed by atoms with Gasteiger partial charge in [-0.2, -0.15) is 0 Å². The minimum atomic E-state index is 0.0985.